The zero-order valence-electron chi connectivity index (χ0n) is 13.9. The molecule has 0 spiro atoms. The van der Waals surface area contributed by atoms with Crippen molar-refractivity contribution in [3.8, 4) is 5.75 Å². The summed E-state index contributed by atoms with van der Waals surface area (Å²) in [5.74, 6) is 0.937. The molecule has 1 N–H and O–H groups in total. The highest BCUT2D eigenvalue weighted by molar-refractivity contribution is 9.10. The molecule has 0 heterocycles. The average Bonchev–Trinajstić information content (AvgIpc) is 2.53. The molecule has 0 aliphatic carbocycles. The number of nitrogens with one attached hydrogen (secondary N) is 1. The van der Waals surface area contributed by atoms with Crippen molar-refractivity contribution >= 4 is 28.3 Å². The minimum Gasteiger partial charge on any atom is -0.489 e. The van der Waals surface area contributed by atoms with E-state index in [9.17, 15) is 0 Å². The molecule has 0 aliphatic heterocycles. The lowest BCUT2D eigenvalue weighted by molar-refractivity contribution is 0.298. The fourth-order valence-corrected chi connectivity index (χ4v) is 2.43. The van der Waals surface area contributed by atoms with Crippen LogP contribution in [-0.4, -0.2) is 5.54 Å². The van der Waals surface area contributed by atoms with Crippen LogP contribution in [0.4, 0.5) is 0 Å². The Bertz CT molecular complexity index is 602. The second kappa shape index (κ2) is 9.31. The number of rotatable bonds is 7. The lowest BCUT2D eigenvalue weighted by Crippen LogP contribution is -2.37. The number of halogens is 2. The van der Waals surface area contributed by atoms with Crippen molar-refractivity contribution in [1.82, 2.24) is 5.32 Å². The molecule has 0 radical (unpaired) electrons. The molecule has 23 heavy (non-hydrogen) atoms. The number of benzene rings is 2. The minimum atomic E-state index is 0. The molecule has 0 aromatic heterocycles. The van der Waals surface area contributed by atoms with Crippen molar-refractivity contribution in [2.45, 2.75) is 45.9 Å². The van der Waals surface area contributed by atoms with Gasteiger partial charge in [0, 0.05) is 22.1 Å². The first kappa shape index (κ1) is 20.0. The van der Waals surface area contributed by atoms with Crippen LogP contribution < -0.4 is 10.1 Å². The van der Waals surface area contributed by atoms with Gasteiger partial charge in [-0.25, -0.2) is 0 Å². The summed E-state index contributed by atoms with van der Waals surface area (Å²) in [6.07, 6.45) is 1.08. The predicted molar refractivity (Wildman–Crippen MR) is 103 cm³/mol. The Morgan fingerprint density at radius 3 is 2.43 bits per heavy atom. The van der Waals surface area contributed by atoms with Crippen LogP contribution in [-0.2, 0) is 13.2 Å². The SMILES string of the molecule is CCC(C)(C)NCc1cc(Br)ccc1OCc1ccccc1.Cl. The zero-order chi connectivity index (χ0) is 16.0. The molecule has 2 rings (SSSR count). The third-order valence-electron chi connectivity index (χ3n) is 3.90. The molecule has 0 amide bonds. The van der Waals surface area contributed by atoms with Gasteiger partial charge in [-0.05, 0) is 44.0 Å². The smallest absolute Gasteiger partial charge is 0.124 e. The van der Waals surface area contributed by atoms with E-state index >= 15 is 0 Å². The van der Waals surface area contributed by atoms with E-state index in [0.29, 0.717) is 6.61 Å². The lowest BCUT2D eigenvalue weighted by atomic mass is 10.0. The van der Waals surface area contributed by atoms with Gasteiger partial charge >= 0.3 is 0 Å². The molecular formula is C19H25BrClNO. The molecule has 0 aliphatic rings. The summed E-state index contributed by atoms with van der Waals surface area (Å²) in [6, 6.07) is 16.4. The standard InChI is InChI=1S/C19H24BrNO.ClH/c1-4-19(2,3)21-13-16-12-17(20)10-11-18(16)22-14-15-8-6-5-7-9-15;/h5-12,21H,4,13-14H2,1-3H3;1H. The fraction of sp³-hybridized carbons (Fsp3) is 0.368. The van der Waals surface area contributed by atoms with E-state index in [2.05, 4.69) is 60.2 Å². The molecule has 2 aromatic rings. The number of ether oxygens (including phenoxy) is 1. The molecule has 2 nitrogen and oxygen atoms in total. The van der Waals surface area contributed by atoms with E-state index < -0.39 is 0 Å². The van der Waals surface area contributed by atoms with Crippen LogP contribution in [0.15, 0.2) is 53.0 Å². The van der Waals surface area contributed by atoms with Crippen molar-refractivity contribution in [3.63, 3.8) is 0 Å². The van der Waals surface area contributed by atoms with Gasteiger partial charge in [0.1, 0.15) is 12.4 Å². The van der Waals surface area contributed by atoms with Crippen molar-refractivity contribution in [2.75, 3.05) is 0 Å². The van der Waals surface area contributed by atoms with Gasteiger partial charge in [-0.1, -0.05) is 53.2 Å². The van der Waals surface area contributed by atoms with Crippen molar-refractivity contribution in [1.29, 1.82) is 0 Å². The lowest BCUT2D eigenvalue weighted by Gasteiger charge is -2.25. The fourth-order valence-electron chi connectivity index (χ4n) is 2.02. The Labute approximate surface area is 154 Å². The van der Waals surface area contributed by atoms with Crippen LogP contribution in [0.5, 0.6) is 5.75 Å². The molecule has 2 aromatic carbocycles. The van der Waals surface area contributed by atoms with Crippen LogP contribution in [0.25, 0.3) is 0 Å². The van der Waals surface area contributed by atoms with Gasteiger partial charge in [-0.3, -0.25) is 0 Å². The maximum atomic E-state index is 6.02. The highest BCUT2D eigenvalue weighted by atomic mass is 79.9. The van der Waals surface area contributed by atoms with Gasteiger partial charge in [0.15, 0.2) is 0 Å². The summed E-state index contributed by atoms with van der Waals surface area (Å²) in [6.45, 7) is 8.02. The molecule has 4 heteroatoms. The average molecular weight is 399 g/mol. The van der Waals surface area contributed by atoms with Gasteiger partial charge in [-0.15, -0.1) is 12.4 Å². The van der Waals surface area contributed by atoms with Crippen LogP contribution in [0.2, 0.25) is 0 Å². The van der Waals surface area contributed by atoms with E-state index in [1.165, 1.54) is 11.1 Å². The van der Waals surface area contributed by atoms with E-state index in [1.54, 1.807) is 0 Å². The molecule has 0 fully saturated rings. The maximum absolute atomic E-state index is 6.02. The van der Waals surface area contributed by atoms with E-state index in [1.807, 2.05) is 30.3 Å². The van der Waals surface area contributed by atoms with Crippen LogP contribution in [0, 0.1) is 0 Å². The van der Waals surface area contributed by atoms with Crippen molar-refractivity contribution in [3.05, 3.63) is 64.1 Å². The Kier molecular flexibility index (Phi) is 8.10. The predicted octanol–water partition coefficient (Wildman–Crippen LogP) is 5.73. The van der Waals surface area contributed by atoms with E-state index in [-0.39, 0.29) is 17.9 Å². The monoisotopic (exact) mass is 397 g/mol. The Morgan fingerprint density at radius 2 is 1.78 bits per heavy atom. The van der Waals surface area contributed by atoms with E-state index in [4.69, 9.17) is 4.74 Å². The quantitative estimate of drug-likeness (QED) is 0.643. The van der Waals surface area contributed by atoms with Gasteiger partial charge in [0.2, 0.25) is 0 Å². The van der Waals surface area contributed by atoms with Crippen molar-refractivity contribution < 1.29 is 4.74 Å². The van der Waals surface area contributed by atoms with Crippen LogP contribution in [0.3, 0.4) is 0 Å². The minimum absolute atomic E-state index is 0. The summed E-state index contributed by atoms with van der Waals surface area (Å²) in [4.78, 5) is 0. The molecule has 126 valence electrons. The van der Waals surface area contributed by atoms with Gasteiger partial charge in [0.05, 0.1) is 0 Å². The maximum Gasteiger partial charge on any atom is 0.124 e. The Morgan fingerprint density at radius 1 is 1.09 bits per heavy atom. The zero-order valence-corrected chi connectivity index (χ0v) is 16.3. The van der Waals surface area contributed by atoms with E-state index in [0.717, 1.165) is 23.2 Å². The highest BCUT2D eigenvalue weighted by Gasteiger charge is 2.15. The second-order valence-corrected chi connectivity index (χ2v) is 7.03. The Hall–Kier alpha value is -1.03. The topological polar surface area (TPSA) is 21.3 Å². The van der Waals surface area contributed by atoms with Gasteiger partial charge < -0.3 is 10.1 Å². The van der Waals surface area contributed by atoms with Crippen LogP contribution >= 0.6 is 28.3 Å². The molecule has 0 saturated carbocycles. The number of hydrogen-bond donors (Lipinski definition) is 1. The normalized spacial score (nSPS) is 11.0. The molecule has 0 atom stereocenters. The molecule has 0 bridgehead atoms. The summed E-state index contributed by atoms with van der Waals surface area (Å²) in [5, 5.41) is 3.59. The Balaban J connectivity index is 0.00000264. The first-order valence-electron chi connectivity index (χ1n) is 7.70. The third-order valence-corrected chi connectivity index (χ3v) is 4.39. The largest absolute Gasteiger partial charge is 0.489 e. The molecule has 0 saturated heterocycles. The van der Waals surface area contributed by atoms with Crippen LogP contribution in [0.1, 0.15) is 38.3 Å². The first-order chi connectivity index (χ1) is 10.5. The third kappa shape index (κ3) is 6.54. The summed E-state index contributed by atoms with van der Waals surface area (Å²) >= 11 is 3.55. The van der Waals surface area contributed by atoms with Crippen molar-refractivity contribution in [2.24, 2.45) is 0 Å². The summed E-state index contributed by atoms with van der Waals surface area (Å²) in [7, 11) is 0. The second-order valence-electron chi connectivity index (χ2n) is 6.12. The summed E-state index contributed by atoms with van der Waals surface area (Å²) in [5.41, 5.74) is 2.48. The van der Waals surface area contributed by atoms with Gasteiger partial charge in [0.25, 0.3) is 0 Å². The molecular weight excluding hydrogens is 374 g/mol. The number of hydrogen-bond acceptors (Lipinski definition) is 2. The molecule has 0 unspecified atom stereocenters. The van der Waals surface area contributed by atoms with Gasteiger partial charge in [-0.2, -0.15) is 0 Å². The summed E-state index contributed by atoms with van der Waals surface area (Å²) < 4.78 is 7.09. The highest BCUT2D eigenvalue weighted by Crippen LogP contribution is 2.25. The first-order valence-corrected chi connectivity index (χ1v) is 8.49.